The molecule has 0 bridgehead atoms. The van der Waals surface area contributed by atoms with Crippen LogP contribution in [0.2, 0.25) is 0 Å². The van der Waals surface area contributed by atoms with Crippen LogP contribution in [-0.2, 0) is 6.54 Å². The van der Waals surface area contributed by atoms with E-state index in [2.05, 4.69) is 15.3 Å². The molecule has 0 unspecified atom stereocenters. The predicted molar refractivity (Wildman–Crippen MR) is 65.3 cm³/mol. The third-order valence-electron chi connectivity index (χ3n) is 2.09. The van der Waals surface area contributed by atoms with Gasteiger partial charge in [0, 0.05) is 29.4 Å². The summed E-state index contributed by atoms with van der Waals surface area (Å²) in [6.07, 6.45) is 3.57. The van der Waals surface area contributed by atoms with Crippen molar-refractivity contribution in [2.24, 2.45) is 0 Å². The minimum absolute atomic E-state index is 0.236. The normalized spacial score (nSPS) is 10.5. The summed E-state index contributed by atoms with van der Waals surface area (Å²) in [7, 11) is 1.88. The Hall–Kier alpha value is -1.46. The Morgan fingerprint density at radius 2 is 1.82 bits per heavy atom. The van der Waals surface area contributed by atoms with Gasteiger partial charge in [0.2, 0.25) is 0 Å². The topological polar surface area (TPSA) is 37.8 Å². The van der Waals surface area contributed by atoms with Gasteiger partial charge in [-0.3, -0.25) is 0 Å². The molecule has 0 saturated carbocycles. The van der Waals surface area contributed by atoms with E-state index in [0.29, 0.717) is 5.16 Å². The zero-order chi connectivity index (χ0) is 12.1. The van der Waals surface area contributed by atoms with Crippen molar-refractivity contribution in [1.29, 1.82) is 0 Å². The molecule has 0 amide bonds. The van der Waals surface area contributed by atoms with E-state index in [4.69, 9.17) is 0 Å². The van der Waals surface area contributed by atoms with Crippen LogP contribution in [0.1, 0.15) is 5.56 Å². The lowest BCUT2D eigenvalue weighted by Crippen LogP contribution is -2.05. The third-order valence-corrected chi connectivity index (χ3v) is 2.99. The summed E-state index contributed by atoms with van der Waals surface area (Å²) >= 11 is 1.41. The number of halogens is 1. The molecular formula is C12H12FN3S. The first-order valence-corrected chi connectivity index (χ1v) is 5.98. The maximum absolute atomic E-state index is 12.7. The molecular weight excluding hydrogens is 237 g/mol. The minimum Gasteiger partial charge on any atom is -0.316 e. The molecule has 0 aliphatic rings. The smallest absolute Gasteiger partial charge is 0.192 e. The van der Waals surface area contributed by atoms with Crippen LogP contribution in [0.25, 0.3) is 0 Å². The van der Waals surface area contributed by atoms with Crippen LogP contribution in [0.3, 0.4) is 0 Å². The fourth-order valence-corrected chi connectivity index (χ4v) is 1.99. The highest BCUT2D eigenvalue weighted by Crippen LogP contribution is 2.24. The van der Waals surface area contributed by atoms with E-state index in [1.165, 1.54) is 23.9 Å². The molecule has 2 aromatic rings. The molecule has 2 rings (SSSR count). The van der Waals surface area contributed by atoms with Gasteiger partial charge in [-0.1, -0.05) is 0 Å². The molecule has 1 aromatic carbocycles. The van der Waals surface area contributed by atoms with Crippen LogP contribution in [0.5, 0.6) is 0 Å². The Labute approximate surface area is 103 Å². The predicted octanol–water partition coefficient (Wildman–Crippen LogP) is 2.49. The van der Waals surface area contributed by atoms with Crippen molar-refractivity contribution >= 4 is 11.8 Å². The van der Waals surface area contributed by atoms with Crippen LogP contribution >= 0.6 is 11.8 Å². The molecule has 0 spiro atoms. The van der Waals surface area contributed by atoms with E-state index in [9.17, 15) is 4.39 Å². The minimum atomic E-state index is -0.236. The van der Waals surface area contributed by atoms with E-state index in [1.54, 1.807) is 24.5 Å². The highest BCUT2D eigenvalue weighted by molar-refractivity contribution is 7.99. The van der Waals surface area contributed by atoms with Crippen molar-refractivity contribution in [3.8, 4) is 0 Å². The number of rotatable bonds is 4. The lowest BCUT2D eigenvalue weighted by Gasteiger charge is -2.02. The molecule has 1 heterocycles. The van der Waals surface area contributed by atoms with Gasteiger partial charge in [0.05, 0.1) is 0 Å². The van der Waals surface area contributed by atoms with E-state index in [0.717, 1.165) is 17.0 Å². The monoisotopic (exact) mass is 249 g/mol. The molecule has 0 aliphatic heterocycles. The van der Waals surface area contributed by atoms with E-state index >= 15 is 0 Å². The van der Waals surface area contributed by atoms with Gasteiger partial charge in [-0.2, -0.15) is 0 Å². The molecule has 88 valence electrons. The van der Waals surface area contributed by atoms with Crippen molar-refractivity contribution in [3.05, 3.63) is 48.0 Å². The lowest BCUT2D eigenvalue weighted by molar-refractivity contribution is 0.626. The Balaban J connectivity index is 2.05. The molecule has 1 N–H and O–H groups in total. The van der Waals surface area contributed by atoms with Gasteiger partial charge in [-0.15, -0.1) is 0 Å². The quantitative estimate of drug-likeness (QED) is 0.845. The van der Waals surface area contributed by atoms with Crippen molar-refractivity contribution in [1.82, 2.24) is 15.3 Å². The molecule has 3 nitrogen and oxygen atoms in total. The molecule has 0 aliphatic carbocycles. The number of hydrogen-bond acceptors (Lipinski definition) is 4. The van der Waals surface area contributed by atoms with Crippen LogP contribution in [-0.4, -0.2) is 17.0 Å². The van der Waals surface area contributed by atoms with Gasteiger partial charge in [-0.25, -0.2) is 14.4 Å². The van der Waals surface area contributed by atoms with Gasteiger partial charge >= 0.3 is 0 Å². The van der Waals surface area contributed by atoms with E-state index < -0.39 is 0 Å². The number of nitrogens with one attached hydrogen (secondary N) is 1. The van der Waals surface area contributed by atoms with E-state index in [1.807, 2.05) is 7.05 Å². The molecule has 0 fully saturated rings. The fraction of sp³-hybridized carbons (Fsp3) is 0.167. The highest BCUT2D eigenvalue weighted by Gasteiger charge is 2.01. The lowest BCUT2D eigenvalue weighted by atomic mass is 10.3. The summed E-state index contributed by atoms with van der Waals surface area (Å²) in [5.41, 5.74) is 1.04. The maximum atomic E-state index is 12.7. The van der Waals surface area contributed by atoms with Gasteiger partial charge < -0.3 is 5.32 Å². The second-order valence-corrected chi connectivity index (χ2v) is 4.50. The average Bonchev–Trinajstić information content (AvgIpc) is 2.35. The number of nitrogens with zero attached hydrogens (tertiary/aromatic N) is 2. The van der Waals surface area contributed by atoms with Crippen molar-refractivity contribution in [2.75, 3.05) is 7.05 Å². The first-order valence-electron chi connectivity index (χ1n) is 5.17. The molecule has 0 radical (unpaired) electrons. The maximum Gasteiger partial charge on any atom is 0.192 e. The fourth-order valence-electron chi connectivity index (χ4n) is 1.30. The summed E-state index contributed by atoms with van der Waals surface area (Å²) in [6.45, 7) is 0.751. The zero-order valence-electron chi connectivity index (χ0n) is 9.35. The second kappa shape index (κ2) is 5.75. The van der Waals surface area contributed by atoms with Crippen LogP contribution in [0.15, 0.2) is 46.7 Å². The molecule has 0 atom stereocenters. The molecule has 1 aromatic heterocycles. The second-order valence-electron chi connectivity index (χ2n) is 3.46. The zero-order valence-corrected chi connectivity index (χ0v) is 10.2. The molecule has 0 saturated heterocycles. The van der Waals surface area contributed by atoms with Crippen LogP contribution in [0, 0.1) is 5.82 Å². The Morgan fingerprint density at radius 3 is 2.41 bits per heavy atom. The number of aromatic nitrogens is 2. The van der Waals surface area contributed by atoms with Crippen LogP contribution in [0.4, 0.5) is 4.39 Å². The van der Waals surface area contributed by atoms with Gasteiger partial charge in [0.1, 0.15) is 5.82 Å². The average molecular weight is 249 g/mol. The van der Waals surface area contributed by atoms with Gasteiger partial charge in [-0.05, 0) is 43.1 Å². The van der Waals surface area contributed by atoms with Gasteiger partial charge in [0.25, 0.3) is 0 Å². The summed E-state index contributed by atoms with van der Waals surface area (Å²) in [4.78, 5) is 9.39. The van der Waals surface area contributed by atoms with Crippen molar-refractivity contribution in [2.45, 2.75) is 16.6 Å². The Bertz CT molecular complexity index is 470. The number of hydrogen-bond donors (Lipinski definition) is 1. The van der Waals surface area contributed by atoms with Crippen LogP contribution < -0.4 is 5.32 Å². The molecule has 5 heteroatoms. The first-order chi connectivity index (χ1) is 8.28. The highest BCUT2D eigenvalue weighted by atomic mass is 32.2. The SMILES string of the molecule is CNCc1cnc(Sc2ccc(F)cc2)nc1. The summed E-state index contributed by atoms with van der Waals surface area (Å²) in [6, 6.07) is 6.28. The van der Waals surface area contributed by atoms with Gasteiger partial charge in [0.15, 0.2) is 5.16 Å². The Kier molecular flexibility index (Phi) is 4.06. The van der Waals surface area contributed by atoms with E-state index in [-0.39, 0.29) is 5.82 Å². The largest absolute Gasteiger partial charge is 0.316 e. The van der Waals surface area contributed by atoms with Crippen molar-refractivity contribution < 1.29 is 4.39 Å². The number of benzene rings is 1. The third kappa shape index (κ3) is 3.51. The Morgan fingerprint density at radius 1 is 1.18 bits per heavy atom. The molecule has 17 heavy (non-hydrogen) atoms. The first kappa shape index (κ1) is 12.0. The standard InChI is InChI=1S/C12H12FN3S/c1-14-6-9-7-15-12(16-8-9)17-11-4-2-10(13)3-5-11/h2-5,7-8,14H,6H2,1H3. The summed E-state index contributed by atoms with van der Waals surface area (Å²) in [5, 5.41) is 3.69. The summed E-state index contributed by atoms with van der Waals surface area (Å²) < 4.78 is 12.7. The van der Waals surface area contributed by atoms with Crippen molar-refractivity contribution in [3.63, 3.8) is 0 Å². The summed E-state index contributed by atoms with van der Waals surface area (Å²) in [5.74, 6) is -0.236.